The Morgan fingerprint density at radius 1 is 1.35 bits per heavy atom. The molecule has 1 aliphatic heterocycles. The van der Waals surface area contributed by atoms with Crippen molar-refractivity contribution in [1.29, 1.82) is 0 Å². The molecule has 0 spiro atoms. The lowest BCUT2D eigenvalue weighted by atomic mass is 10.0. The predicted molar refractivity (Wildman–Crippen MR) is 69.2 cm³/mol. The van der Waals surface area contributed by atoms with Gasteiger partial charge in [0.15, 0.2) is 6.23 Å². The van der Waals surface area contributed by atoms with Crippen LogP contribution < -0.4 is 5.32 Å². The van der Waals surface area contributed by atoms with Gasteiger partial charge in [-0.1, -0.05) is 6.07 Å². The van der Waals surface area contributed by atoms with E-state index in [9.17, 15) is 25.4 Å². The van der Waals surface area contributed by atoms with Crippen LogP contribution in [0.25, 0.3) is 0 Å². The molecule has 0 aliphatic carbocycles. The molecule has 8 nitrogen and oxygen atoms in total. The van der Waals surface area contributed by atoms with E-state index in [1.54, 1.807) is 19.1 Å². The Morgan fingerprint density at radius 3 is 2.70 bits per heavy atom. The number of nitrogens with one attached hydrogen (secondary N) is 1. The topological polar surface area (TPSA) is 125 Å². The van der Waals surface area contributed by atoms with Crippen molar-refractivity contribution in [1.82, 2.24) is 0 Å². The molecule has 1 aliphatic rings. The second-order valence-corrected chi connectivity index (χ2v) is 4.71. The molecule has 110 valence electrons. The van der Waals surface area contributed by atoms with Gasteiger partial charge in [-0.25, -0.2) is 0 Å². The summed E-state index contributed by atoms with van der Waals surface area (Å²) < 4.78 is 5.17. The number of aryl methyl sites for hydroxylation is 1. The second kappa shape index (κ2) is 5.71. The molecule has 1 fully saturated rings. The van der Waals surface area contributed by atoms with Crippen LogP contribution >= 0.6 is 0 Å². The number of nitro benzene ring substituents is 1. The maximum atomic E-state index is 10.8. The molecule has 1 heterocycles. The number of hydrogen-bond donors (Lipinski definition) is 4. The van der Waals surface area contributed by atoms with Crippen LogP contribution in [0.2, 0.25) is 0 Å². The van der Waals surface area contributed by atoms with E-state index in [1.165, 1.54) is 6.07 Å². The lowest BCUT2D eigenvalue weighted by Gasteiger charge is -2.35. The summed E-state index contributed by atoms with van der Waals surface area (Å²) in [6.45, 7) is 1.48. The summed E-state index contributed by atoms with van der Waals surface area (Å²) in [7, 11) is 0. The van der Waals surface area contributed by atoms with Crippen molar-refractivity contribution in [2.45, 2.75) is 31.5 Å². The molecule has 8 heteroatoms. The first-order valence-corrected chi connectivity index (χ1v) is 6.07. The van der Waals surface area contributed by atoms with Gasteiger partial charge in [0.05, 0.1) is 11.5 Å². The molecule has 1 saturated heterocycles. The molecule has 0 radical (unpaired) electrons. The van der Waals surface area contributed by atoms with Gasteiger partial charge >= 0.3 is 0 Å². The third kappa shape index (κ3) is 2.88. The minimum Gasteiger partial charge on any atom is -0.388 e. The third-order valence-electron chi connectivity index (χ3n) is 3.22. The summed E-state index contributed by atoms with van der Waals surface area (Å²) in [6.07, 6.45) is -4.77. The fraction of sp³-hybridized carbons (Fsp3) is 0.500. The van der Waals surface area contributed by atoms with E-state index < -0.39 is 29.5 Å². The molecule has 1 aromatic carbocycles. The zero-order chi connectivity index (χ0) is 14.9. The summed E-state index contributed by atoms with van der Waals surface area (Å²) in [5.74, 6) is 0. The normalized spacial score (nSPS) is 30.0. The number of hydrogen-bond acceptors (Lipinski definition) is 7. The van der Waals surface area contributed by atoms with Crippen LogP contribution in [0.5, 0.6) is 0 Å². The van der Waals surface area contributed by atoms with Crippen LogP contribution in [-0.4, -0.2) is 51.4 Å². The third-order valence-corrected chi connectivity index (χ3v) is 3.22. The van der Waals surface area contributed by atoms with E-state index in [2.05, 4.69) is 5.32 Å². The molecule has 0 amide bonds. The van der Waals surface area contributed by atoms with Gasteiger partial charge in [0.1, 0.15) is 18.3 Å². The number of aliphatic hydroxyl groups excluding tert-OH is 3. The summed E-state index contributed by atoms with van der Waals surface area (Å²) in [5, 5.41) is 42.3. The first-order valence-electron chi connectivity index (χ1n) is 6.07. The van der Waals surface area contributed by atoms with E-state index in [4.69, 9.17) is 4.74 Å². The Labute approximate surface area is 114 Å². The van der Waals surface area contributed by atoms with Gasteiger partial charge in [-0.2, -0.15) is 0 Å². The van der Waals surface area contributed by atoms with Gasteiger partial charge < -0.3 is 25.4 Å². The minimum atomic E-state index is -1.33. The van der Waals surface area contributed by atoms with Crippen molar-refractivity contribution in [2.24, 2.45) is 0 Å². The van der Waals surface area contributed by atoms with Crippen LogP contribution in [0, 0.1) is 17.0 Å². The molecule has 1 aromatic rings. The molecular formula is C12H16N2O6. The zero-order valence-corrected chi connectivity index (χ0v) is 10.8. The molecule has 4 atom stereocenters. The van der Waals surface area contributed by atoms with E-state index in [0.717, 1.165) is 0 Å². The Morgan fingerprint density at radius 2 is 2.05 bits per heavy atom. The van der Waals surface area contributed by atoms with Gasteiger partial charge in [-0.3, -0.25) is 10.1 Å². The Balaban J connectivity index is 2.14. The molecule has 4 N–H and O–H groups in total. The number of anilines is 1. The van der Waals surface area contributed by atoms with E-state index >= 15 is 0 Å². The second-order valence-electron chi connectivity index (χ2n) is 4.71. The predicted octanol–water partition coefficient (Wildman–Crippen LogP) is -0.246. The molecule has 0 unspecified atom stereocenters. The molecule has 0 bridgehead atoms. The highest BCUT2D eigenvalue weighted by atomic mass is 16.6. The molecule has 0 saturated carbocycles. The van der Waals surface area contributed by atoms with Crippen LogP contribution in [0.1, 0.15) is 5.56 Å². The van der Waals surface area contributed by atoms with Crippen molar-refractivity contribution >= 4 is 11.4 Å². The smallest absolute Gasteiger partial charge is 0.274 e. The maximum absolute atomic E-state index is 10.8. The van der Waals surface area contributed by atoms with Gasteiger partial charge in [0, 0.05) is 17.3 Å². The maximum Gasteiger partial charge on any atom is 0.274 e. The number of ether oxygens (including phenoxy) is 1. The van der Waals surface area contributed by atoms with Crippen LogP contribution in [0.3, 0.4) is 0 Å². The minimum absolute atomic E-state index is 0.0547. The molecule has 20 heavy (non-hydrogen) atoms. The first-order chi connectivity index (χ1) is 9.40. The van der Waals surface area contributed by atoms with Crippen molar-refractivity contribution < 1.29 is 25.0 Å². The summed E-state index contributed by atoms with van der Waals surface area (Å²) in [4.78, 5) is 10.3. The van der Waals surface area contributed by atoms with Gasteiger partial charge in [0.25, 0.3) is 5.69 Å². The fourth-order valence-corrected chi connectivity index (χ4v) is 1.99. The number of nitrogens with zero attached hydrogens (tertiary/aromatic N) is 1. The SMILES string of the molecule is Cc1ccc(N[C@@H]2OC[C@@H](O)[C@@H](O)[C@H]2O)cc1[N+](=O)[O-]. The quantitative estimate of drug-likeness (QED) is 0.445. The Kier molecular flexibility index (Phi) is 4.19. The fourth-order valence-electron chi connectivity index (χ4n) is 1.99. The lowest BCUT2D eigenvalue weighted by molar-refractivity contribution is -0.385. The van der Waals surface area contributed by atoms with Gasteiger partial charge in [-0.15, -0.1) is 0 Å². The number of aliphatic hydroxyl groups is 3. The van der Waals surface area contributed by atoms with Gasteiger partial charge in [-0.05, 0) is 13.0 Å². The standard InChI is InChI=1S/C12H16N2O6/c1-6-2-3-7(4-8(6)14(18)19)13-12-11(17)10(16)9(15)5-20-12/h2-4,9-13,15-17H,5H2,1H3/t9-,10-,11-,12-/m1/s1. The van der Waals surface area contributed by atoms with E-state index in [0.29, 0.717) is 11.3 Å². The summed E-state index contributed by atoms with van der Waals surface area (Å²) in [6, 6.07) is 4.50. The van der Waals surface area contributed by atoms with Crippen molar-refractivity contribution in [3.8, 4) is 0 Å². The molecule has 2 rings (SSSR count). The number of benzene rings is 1. The Hall–Kier alpha value is -1.74. The molecular weight excluding hydrogens is 268 g/mol. The molecule has 0 aromatic heterocycles. The monoisotopic (exact) mass is 284 g/mol. The summed E-state index contributed by atoms with van der Waals surface area (Å²) in [5.41, 5.74) is 0.844. The van der Waals surface area contributed by atoms with E-state index in [-0.39, 0.29) is 12.3 Å². The largest absolute Gasteiger partial charge is 0.388 e. The highest BCUT2D eigenvalue weighted by Crippen LogP contribution is 2.24. The first kappa shape index (κ1) is 14.7. The van der Waals surface area contributed by atoms with Crippen molar-refractivity contribution in [3.63, 3.8) is 0 Å². The van der Waals surface area contributed by atoms with Crippen molar-refractivity contribution in [2.75, 3.05) is 11.9 Å². The Bertz CT molecular complexity index is 509. The van der Waals surface area contributed by atoms with Crippen LogP contribution in [0.4, 0.5) is 11.4 Å². The van der Waals surface area contributed by atoms with Crippen LogP contribution in [0.15, 0.2) is 18.2 Å². The number of nitro groups is 1. The van der Waals surface area contributed by atoms with Gasteiger partial charge in [0.2, 0.25) is 0 Å². The van der Waals surface area contributed by atoms with Crippen molar-refractivity contribution in [3.05, 3.63) is 33.9 Å². The summed E-state index contributed by atoms with van der Waals surface area (Å²) >= 11 is 0. The van der Waals surface area contributed by atoms with E-state index in [1.807, 2.05) is 0 Å². The highest BCUT2D eigenvalue weighted by Gasteiger charge is 2.37. The zero-order valence-electron chi connectivity index (χ0n) is 10.8. The number of rotatable bonds is 3. The average Bonchev–Trinajstić information content (AvgIpc) is 2.41. The highest BCUT2D eigenvalue weighted by molar-refractivity contribution is 5.55. The lowest BCUT2D eigenvalue weighted by Crippen LogP contribution is -2.55. The van der Waals surface area contributed by atoms with Crippen LogP contribution in [-0.2, 0) is 4.74 Å². The average molecular weight is 284 g/mol.